The zero-order valence-corrected chi connectivity index (χ0v) is 18.5. The molecular formula is C23H26N4O3S. The van der Waals surface area contributed by atoms with Crippen LogP contribution >= 0.6 is 11.8 Å². The molecule has 0 unspecified atom stereocenters. The highest BCUT2D eigenvalue weighted by Crippen LogP contribution is 2.33. The smallest absolute Gasteiger partial charge is 0.230 e. The first-order valence-electron chi connectivity index (χ1n) is 10.3. The molecule has 31 heavy (non-hydrogen) atoms. The monoisotopic (exact) mass is 438 g/mol. The fraction of sp³-hybridized carbons (Fsp3) is 0.348. The molecule has 1 fully saturated rings. The summed E-state index contributed by atoms with van der Waals surface area (Å²) in [6, 6.07) is 15.9. The average molecular weight is 439 g/mol. The molecule has 0 saturated carbocycles. The third kappa shape index (κ3) is 5.08. The number of ether oxygens (including phenoxy) is 2. The van der Waals surface area contributed by atoms with Crippen molar-refractivity contribution in [1.82, 2.24) is 20.1 Å². The molecule has 1 aromatic heterocycles. The Morgan fingerprint density at radius 1 is 1.23 bits per heavy atom. The number of hydrogen-bond donors (Lipinski definition) is 1. The quantitative estimate of drug-likeness (QED) is 0.541. The van der Waals surface area contributed by atoms with Crippen molar-refractivity contribution in [2.24, 2.45) is 0 Å². The van der Waals surface area contributed by atoms with Gasteiger partial charge >= 0.3 is 0 Å². The number of carbonyl (C=O) groups excluding carboxylic acids is 1. The largest absolute Gasteiger partial charge is 0.496 e. The van der Waals surface area contributed by atoms with Gasteiger partial charge in [0.15, 0.2) is 11.0 Å². The first-order chi connectivity index (χ1) is 15.2. The molecule has 162 valence electrons. The fourth-order valence-electron chi connectivity index (χ4n) is 3.51. The number of hydrogen-bond acceptors (Lipinski definition) is 6. The minimum Gasteiger partial charge on any atom is -0.496 e. The van der Waals surface area contributed by atoms with Crippen LogP contribution in [0.1, 0.15) is 18.4 Å². The van der Waals surface area contributed by atoms with Crippen molar-refractivity contribution in [3.05, 3.63) is 54.1 Å². The number of benzene rings is 2. The number of aryl methyl sites for hydroxylation is 1. The van der Waals surface area contributed by atoms with Crippen molar-refractivity contribution in [1.29, 1.82) is 0 Å². The first kappa shape index (κ1) is 21.4. The van der Waals surface area contributed by atoms with E-state index in [0.29, 0.717) is 23.3 Å². The molecule has 0 radical (unpaired) electrons. The molecule has 1 aliphatic rings. The summed E-state index contributed by atoms with van der Waals surface area (Å²) in [5.41, 5.74) is 2.94. The van der Waals surface area contributed by atoms with E-state index in [0.717, 1.165) is 30.7 Å². The van der Waals surface area contributed by atoms with E-state index in [2.05, 4.69) is 15.5 Å². The van der Waals surface area contributed by atoms with Crippen LogP contribution in [0.5, 0.6) is 5.75 Å². The van der Waals surface area contributed by atoms with E-state index in [1.807, 2.05) is 60.0 Å². The van der Waals surface area contributed by atoms with Crippen molar-refractivity contribution in [2.75, 3.05) is 26.0 Å². The van der Waals surface area contributed by atoms with E-state index in [1.54, 1.807) is 7.11 Å². The van der Waals surface area contributed by atoms with Gasteiger partial charge in [0.05, 0.1) is 24.5 Å². The Labute approximate surface area is 186 Å². The van der Waals surface area contributed by atoms with E-state index >= 15 is 0 Å². The summed E-state index contributed by atoms with van der Waals surface area (Å²) in [6.45, 7) is 3.38. The van der Waals surface area contributed by atoms with Gasteiger partial charge in [-0.25, -0.2) is 0 Å². The highest BCUT2D eigenvalue weighted by molar-refractivity contribution is 7.99. The van der Waals surface area contributed by atoms with Crippen LogP contribution in [-0.4, -0.2) is 52.8 Å². The first-order valence-corrected chi connectivity index (χ1v) is 11.3. The van der Waals surface area contributed by atoms with E-state index < -0.39 is 0 Å². The molecule has 1 aliphatic heterocycles. The third-order valence-electron chi connectivity index (χ3n) is 5.16. The van der Waals surface area contributed by atoms with Crippen LogP contribution < -0.4 is 10.1 Å². The topological polar surface area (TPSA) is 78.3 Å². The fourth-order valence-corrected chi connectivity index (χ4v) is 4.29. The van der Waals surface area contributed by atoms with Gasteiger partial charge in [0.25, 0.3) is 0 Å². The molecular weight excluding hydrogens is 412 g/mol. The number of carbonyl (C=O) groups is 1. The number of para-hydroxylation sites is 1. The second kappa shape index (κ2) is 9.98. The lowest BCUT2D eigenvalue weighted by Crippen LogP contribution is -2.32. The van der Waals surface area contributed by atoms with Crippen LogP contribution in [0.3, 0.4) is 0 Å². The van der Waals surface area contributed by atoms with E-state index in [1.165, 1.54) is 17.3 Å². The molecule has 0 aliphatic carbocycles. The lowest BCUT2D eigenvalue weighted by atomic mass is 10.1. The predicted molar refractivity (Wildman–Crippen MR) is 121 cm³/mol. The molecule has 0 bridgehead atoms. The maximum Gasteiger partial charge on any atom is 0.230 e. The number of nitrogens with zero attached hydrogens (tertiary/aromatic N) is 3. The summed E-state index contributed by atoms with van der Waals surface area (Å²) in [5.74, 6) is 1.60. The molecule has 1 amide bonds. The van der Waals surface area contributed by atoms with Gasteiger partial charge in [-0.15, -0.1) is 10.2 Å². The maximum absolute atomic E-state index is 12.4. The van der Waals surface area contributed by atoms with Gasteiger partial charge in [0, 0.05) is 18.8 Å². The van der Waals surface area contributed by atoms with Crippen LogP contribution in [0.25, 0.3) is 17.1 Å². The minimum atomic E-state index is -0.0437. The van der Waals surface area contributed by atoms with Gasteiger partial charge in [-0.05, 0) is 44.0 Å². The standard InChI is InChI=1S/C23H26N4O3S/c1-16-9-11-17(12-10-16)27-22(19-7-3-4-8-20(19)29-2)25-26-23(27)31-15-21(28)24-14-18-6-5-13-30-18/h3-4,7-12,18H,5-6,13-15H2,1-2H3,(H,24,28)/t18-/m1/s1. The Kier molecular flexibility index (Phi) is 6.89. The van der Waals surface area contributed by atoms with Gasteiger partial charge in [-0.1, -0.05) is 41.6 Å². The molecule has 1 atom stereocenters. The molecule has 8 heteroatoms. The normalized spacial score (nSPS) is 15.7. The number of nitrogens with one attached hydrogen (secondary N) is 1. The van der Waals surface area contributed by atoms with Gasteiger partial charge in [0.1, 0.15) is 5.75 Å². The summed E-state index contributed by atoms with van der Waals surface area (Å²) >= 11 is 1.36. The molecule has 4 rings (SSSR count). The molecule has 1 saturated heterocycles. The Morgan fingerprint density at radius 3 is 2.77 bits per heavy atom. The van der Waals surface area contributed by atoms with Crippen LogP contribution in [-0.2, 0) is 9.53 Å². The van der Waals surface area contributed by atoms with E-state index in [4.69, 9.17) is 9.47 Å². The van der Waals surface area contributed by atoms with Crippen molar-refractivity contribution in [3.8, 4) is 22.8 Å². The molecule has 7 nitrogen and oxygen atoms in total. The van der Waals surface area contributed by atoms with Crippen LogP contribution in [0.15, 0.2) is 53.7 Å². The molecule has 0 spiro atoms. The molecule has 1 N–H and O–H groups in total. The van der Waals surface area contributed by atoms with E-state index in [-0.39, 0.29) is 17.8 Å². The van der Waals surface area contributed by atoms with Crippen molar-refractivity contribution in [3.63, 3.8) is 0 Å². The van der Waals surface area contributed by atoms with Gasteiger partial charge in [-0.3, -0.25) is 9.36 Å². The number of rotatable bonds is 8. The molecule has 3 aromatic rings. The highest BCUT2D eigenvalue weighted by Gasteiger charge is 2.20. The lowest BCUT2D eigenvalue weighted by molar-refractivity contribution is -0.119. The zero-order valence-electron chi connectivity index (χ0n) is 17.7. The van der Waals surface area contributed by atoms with Crippen molar-refractivity contribution >= 4 is 17.7 Å². The molecule has 2 aromatic carbocycles. The Morgan fingerprint density at radius 2 is 2.03 bits per heavy atom. The van der Waals surface area contributed by atoms with Gasteiger partial charge < -0.3 is 14.8 Å². The van der Waals surface area contributed by atoms with E-state index in [9.17, 15) is 4.79 Å². The predicted octanol–water partition coefficient (Wildman–Crippen LogP) is 3.64. The average Bonchev–Trinajstić information content (AvgIpc) is 3.47. The second-order valence-corrected chi connectivity index (χ2v) is 8.35. The number of methoxy groups -OCH3 is 1. The second-order valence-electron chi connectivity index (χ2n) is 7.41. The lowest BCUT2D eigenvalue weighted by Gasteiger charge is -2.13. The summed E-state index contributed by atoms with van der Waals surface area (Å²) in [5, 5.41) is 12.4. The Balaban J connectivity index is 1.58. The number of aromatic nitrogens is 3. The van der Waals surface area contributed by atoms with Gasteiger partial charge in [0.2, 0.25) is 5.91 Å². The van der Waals surface area contributed by atoms with Crippen molar-refractivity contribution in [2.45, 2.75) is 31.0 Å². The Hall–Kier alpha value is -2.84. The van der Waals surface area contributed by atoms with Crippen LogP contribution in [0.2, 0.25) is 0 Å². The highest BCUT2D eigenvalue weighted by atomic mass is 32.2. The SMILES string of the molecule is COc1ccccc1-c1nnc(SCC(=O)NC[C@H]2CCCO2)n1-c1ccc(C)cc1. The van der Waals surface area contributed by atoms with Crippen molar-refractivity contribution < 1.29 is 14.3 Å². The Bertz CT molecular complexity index is 1030. The third-order valence-corrected chi connectivity index (χ3v) is 6.09. The summed E-state index contributed by atoms with van der Waals surface area (Å²) in [7, 11) is 1.64. The number of amides is 1. The summed E-state index contributed by atoms with van der Waals surface area (Å²) in [4.78, 5) is 12.4. The minimum absolute atomic E-state index is 0.0437. The zero-order chi connectivity index (χ0) is 21.6. The summed E-state index contributed by atoms with van der Waals surface area (Å²) in [6.07, 6.45) is 2.18. The summed E-state index contributed by atoms with van der Waals surface area (Å²) < 4.78 is 13.1. The maximum atomic E-state index is 12.4. The van der Waals surface area contributed by atoms with Crippen LogP contribution in [0.4, 0.5) is 0 Å². The van der Waals surface area contributed by atoms with Gasteiger partial charge in [-0.2, -0.15) is 0 Å². The van der Waals surface area contributed by atoms with Crippen LogP contribution in [0, 0.1) is 6.92 Å². The molecule has 2 heterocycles. The number of thioether (sulfide) groups is 1.